The van der Waals surface area contributed by atoms with E-state index in [0.29, 0.717) is 0 Å². The second-order valence-electron chi connectivity index (χ2n) is 3.71. The van der Waals surface area contributed by atoms with Gasteiger partial charge >= 0.3 is 0 Å². The van der Waals surface area contributed by atoms with Crippen molar-refractivity contribution in [3.05, 3.63) is 0 Å². The molecule has 0 heterocycles. The predicted octanol–water partition coefficient (Wildman–Crippen LogP) is 1.34. The van der Waals surface area contributed by atoms with E-state index in [0.717, 1.165) is 26.2 Å². The van der Waals surface area contributed by atoms with Crippen molar-refractivity contribution in [2.75, 3.05) is 46.9 Å². The largest absolute Gasteiger partial charge is 0.383 e. The lowest BCUT2D eigenvalue weighted by atomic mass is 10.2. The second-order valence-corrected chi connectivity index (χ2v) is 3.71. The van der Waals surface area contributed by atoms with E-state index >= 15 is 0 Å². The highest BCUT2D eigenvalue weighted by molar-refractivity contribution is 4.52. The summed E-state index contributed by atoms with van der Waals surface area (Å²) >= 11 is 0. The highest BCUT2D eigenvalue weighted by atomic mass is 16.5. The molecule has 0 rings (SSSR count). The molecule has 0 aromatic carbocycles. The summed E-state index contributed by atoms with van der Waals surface area (Å²) in [5, 5.41) is 3.34. The van der Waals surface area contributed by atoms with Gasteiger partial charge in [-0.1, -0.05) is 13.3 Å². The number of likely N-dealkylation sites (N-methyl/N-ethyl adjacent to an activating group) is 1. The maximum absolute atomic E-state index is 5.02. The molecule has 0 aromatic heterocycles. The average molecular weight is 202 g/mol. The van der Waals surface area contributed by atoms with E-state index in [-0.39, 0.29) is 0 Å². The van der Waals surface area contributed by atoms with Crippen molar-refractivity contribution < 1.29 is 4.74 Å². The van der Waals surface area contributed by atoms with Gasteiger partial charge < -0.3 is 15.0 Å². The summed E-state index contributed by atoms with van der Waals surface area (Å²) in [7, 11) is 3.91. The van der Waals surface area contributed by atoms with Crippen LogP contribution in [0.1, 0.15) is 26.2 Å². The number of nitrogens with one attached hydrogen (secondary N) is 1. The summed E-state index contributed by atoms with van der Waals surface area (Å²) in [5.41, 5.74) is 0. The number of rotatable bonds is 10. The Labute approximate surface area is 88.8 Å². The van der Waals surface area contributed by atoms with E-state index in [1.165, 1.54) is 25.8 Å². The smallest absolute Gasteiger partial charge is 0.0589 e. The fourth-order valence-corrected chi connectivity index (χ4v) is 1.34. The Balaban J connectivity index is 3.02. The van der Waals surface area contributed by atoms with Crippen LogP contribution in [0.15, 0.2) is 0 Å². The molecule has 0 aromatic rings. The summed E-state index contributed by atoms with van der Waals surface area (Å²) in [4.78, 5) is 2.33. The zero-order valence-electron chi connectivity index (χ0n) is 10.0. The normalized spacial score (nSPS) is 11.1. The summed E-state index contributed by atoms with van der Waals surface area (Å²) in [5.74, 6) is 0. The van der Waals surface area contributed by atoms with Gasteiger partial charge in [-0.3, -0.25) is 0 Å². The van der Waals surface area contributed by atoms with Gasteiger partial charge in [0.05, 0.1) is 6.61 Å². The molecule has 0 unspecified atom stereocenters. The molecular formula is C11H26N2O. The van der Waals surface area contributed by atoms with Crippen LogP contribution in [0, 0.1) is 0 Å². The molecule has 0 aliphatic carbocycles. The molecule has 0 aliphatic rings. The first-order valence-corrected chi connectivity index (χ1v) is 5.69. The fraction of sp³-hybridized carbons (Fsp3) is 1.00. The van der Waals surface area contributed by atoms with Crippen LogP contribution in [-0.4, -0.2) is 51.8 Å². The molecule has 0 saturated heterocycles. The maximum atomic E-state index is 5.02. The molecule has 3 heteroatoms. The Kier molecular flexibility index (Phi) is 10.9. The van der Waals surface area contributed by atoms with Gasteiger partial charge in [-0.2, -0.15) is 0 Å². The van der Waals surface area contributed by atoms with Gasteiger partial charge in [0.15, 0.2) is 0 Å². The van der Waals surface area contributed by atoms with Gasteiger partial charge in [-0.25, -0.2) is 0 Å². The van der Waals surface area contributed by atoms with Crippen molar-refractivity contribution >= 4 is 0 Å². The van der Waals surface area contributed by atoms with Crippen molar-refractivity contribution in [3.63, 3.8) is 0 Å². The molecular weight excluding hydrogens is 176 g/mol. The Morgan fingerprint density at radius 3 is 2.57 bits per heavy atom. The fourth-order valence-electron chi connectivity index (χ4n) is 1.34. The molecule has 0 radical (unpaired) electrons. The monoisotopic (exact) mass is 202 g/mol. The van der Waals surface area contributed by atoms with Gasteiger partial charge in [0, 0.05) is 13.7 Å². The van der Waals surface area contributed by atoms with Crippen LogP contribution in [0.25, 0.3) is 0 Å². The van der Waals surface area contributed by atoms with Crippen molar-refractivity contribution in [2.24, 2.45) is 0 Å². The van der Waals surface area contributed by atoms with Crippen molar-refractivity contribution in [1.29, 1.82) is 0 Å². The minimum Gasteiger partial charge on any atom is -0.383 e. The van der Waals surface area contributed by atoms with Gasteiger partial charge in [0.25, 0.3) is 0 Å². The number of methoxy groups -OCH3 is 1. The van der Waals surface area contributed by atoms with E-state index in [1.807, 2.05) is 0 Å². The van der Waals surface area contributed by atoms with Crippen LogP contribution in [0.4, 0.5) is 0 Å². The lowest BCUT2D eigenvalue weighted by molar-refractivity contribution is 0.160. The number of hydrogen-bond donors (Lipinski definition) is 1. The third kappa shape index (κ3) is 9.96. The van der Waals surface area contributed by atoms with Crippen LogP contribution in [-0.2, 0) is 4.74 Å². The Hall–Kier alpha value is -0.120. The van der Waals surface area contributed by atoms with Gasteiger partial charge in [0.2, 0.25) is 0 Å². The highest BCUT2D eigenvalue weighted by Gasteiger charge is 1.96. The third-order valence-electron chi connectivity index (χ3n) is 2.32. The summed E-state index contributed by atoms with van der Waals surface area (Å²) in [6, 6.07) is 0. The van der Waals surface area contributed by atoms with E-state index in [1.54, 1.807) is 7.11 Å². The molecule has 0 amide bonds. The zero-order valence-corrected chi connectivity index (χ0v) is 10.0. The average Bonchev–Trinajstić information content (AvgIpc) is 2.20. The first kappa shape index (κ1) is 13.9. The molecule has 0 bridgehead atoms. The molecule has 0 atom stereocenters. The predicted molar refractivity (Wildman–Crippen MR) is 61.8 cm³/mol. The first-order valence-electron chi connectivity index (χ1n) is 5.69. The quantitative estimate of drug-likeness (QED) is 0.541. The number of unbranched alkanes of at least 4 members (excludes halogenated alkanes) is 2. The van der Waals surface area contributed by atoms with E-state index in [9.17, 15) is 0 Å². The Bertz CT molecular complexity index is 109. The van der Waals surface area contributed by atoms with Crippen LogP contribution in [0.3, 0.4) is 0 Å². The molecule has 0 fully saturated rings. The van der Waals surface area contributed by atoms with Crippen LogP contribution >= 0.6 is 0 Å². The Morgan fingerprint density at radius 1 is 1.14 bits per heavy atom. The molecule has 86 valence electrons. The number of hydrogen-bond acceptors (Lipinski definition) is 3. The van der Waals surface area contributed by atoms with Crippen molar-refractivity contribution in [2.45, 2.75) is 26.2 Å². The molecule has 14 heavy (non-hydrogen) atoms. The minimum absolute atomic E-state index is 0.841. The third-order valence-corrected chi connectivity index (χ3v) is 2.32. The van der Waals surface area contributed by atoms with Crippen LogP contribution in [0.2, 0.25) is 0 Å². The molecule has 0 aliphatic heterocycles. The molecule has 3 nitrogen and oxygen atoms in total. The first-order chi connectivity index (χ1) is 6.81. The lowest BCUT2D eigenvalue weighted by Crippen LogP contribution is -2.24. The molecule has 0 saturated carbocycles. The number of nitrogens with zero attached hydrogens (tertiary/aromatic N) is 1. The maximum Gasteiger partial charge on any atom is 0.0589 e. The minimum atomic E-state index is 0.841. The van der Waals surface area contributed by atoms with Gasteiger partial charge in [0.1, 0.15) is 0 Å². The van der Waals surface area contributed by atoms with E-state index in [4.69, 9.17) is 4.74 Å². The summed E-state index contributed by atoms with van der Waals surface area (Å²) in [6.45, 7) is 7.48. The molecule has 0 spiro atoms. The van der Waals surface area contributed by atoms with E-state index < -0.39 is 0 Å². The van der Waals surface area contributed by atoms with Gasteiger partial charge in [-0.15, -0.1) is 0 Å². The van der Waals surface area contributed by atoms with Crippen LogP contribution in [0.5, 0.6) is 0 Å². The van der Waals surface area contributed by atoms with Crippen molar-refractivity contribution in [1.82, 2.24) is 10.2 Å². The van der Waals surface area contributed by atoms with E-state index in [2.05, 4.69) is 24.2 Å². The second kappa shape index (κ2) is 11.0. The topological polar surface area (TPSA) is 24.5 Å². The Morgan fingerprint density at radius 2 is 1.93 bits per heavy atom. The number of ether oxygens (including phenoxy) is 1. The molecule has 1 N–H and O–H groups in total. The standard InChI is InChI=1S/C11H26N2O/c1-4-12-8-6-5-7-9-13(2)10-11-14-3/h12H,4-11H2,1-3H3. The summed E-state index contributed by atoms with van der Waals surface area (Å²) < 4.78 is 5.02. The van der Waals surface area contributed by atoms with Crippen molar-refractivity contribution in [3.8, 4) is 0 Å². The lowest BCUT2D eigenvalue weighted by Gasteiger charge is -2.15. The highest BCUT2D eigenvalue weighted by Crippen LogP contribution is 1.96. The zero-order chi connectivity index (χ0) is 10.6. The van der Waals surface area contributed by atoms with Crippen LogP contribution < -0.4 is 5.32 Å². The SMILES string of the molecule is CCNCCCCCN(C)CCOC. The van der Waals surface area contributed by atoms with Gasteiger partial charge in [-0.05, 0) is 39.5 Å². The summed E-state index contributed by atoms with van der Waals surface area (Å²) in [6.07, 6.45) is 3.92.